The van der Waals surface area contributed by atoms with E-state index >= 15 is 0 Å². The van der Waals surface area contributed by atoms with Gasteiger partial charge >= 0.3 is 0 Å². The van der Waals surface area contributed by atoms with Gasteiger partial charge in [-0.15, -0.1) is 0 Å². The fraction of sp³-hybridized carbons (Fsp3) is 0.933. The van der Waals surface area contributed by atoms with E-state index in [1.54, 1.807) is 0 Å². The van der Waals surface area contributed by atoms with Gasteiger partial charge < -0.3 is 15.4 Å². The van der Waals surface area contributed by atoms with E-state index in [0.29, 0.717) is 12.0 Å². The van der Waals surface area contributed by atoms with Crippen LogP contribution in [0, 0.1) is 11.8 Å². The van der Waals surface area contributed by atoms with Gasteiger partial charge in [-0.25, -0.2) is 0 Å². The Morgan fingerprint density at radius 3 is 2.74 bits per heavy atom. The molecule has 0 aromatic carbocycles. The summed E-state index contributed by atoms with van der Waals surface area (Å²) in [6, 6.07) is 0. The van der Waals surface area contributed by atoms with E-state index in [2.05, 4.69) is 17.6 Å². The third-order valence-corrected chi connectivity index (χ3v) is 4.38. The molecule has 1 saturated carbocycles. The number of nitrogens with one attached hydrogen (secondary N) is 2. The predicted molar refractivity (Wildman–Crippen MR) is 76.0 cm³/mol. The Balaban J connectivity index is 1.50. The van der Waals surface area contributed by atoms with Crippen molar-refractivity contribution in [1.29, 1.82) is 0 Å². The maximum Gasteiger partial charge on any atom is 0.224 e. The quantitative estimate of drug-likeness (QED) is 0.721. The first-order valence-electron chi connectivity index (χ1n) is 7.87. The van der Waals surface area contributed by atoms with Crippen molar-refractivity contribution in [1.82, 2.24) is 10.6 Å². The molecule has 1 aliphatic heterocycles. The first kappa shape index (κ1) is 14.8. The van der Waals surface area contributed by atoms with Crippen molar-refractivity contribution >= 4 is 5.91 Å². The second-order valence-corrected chi connectivity index (χ2v) is 6.02. The molecule has 2 rings (SSSR count). The SMILES string of the molecule is CC1CNCC1C(=O)NCCCOC1CCCCC1. The van der Waals surface area contributed by atoms with Crippen LogP contribution < -0.4 is 10.6 Å². The molecule has 19 heavy (non-hydrogen) atoms. The van der Waals surface area contributed by atoms with Gasteiger partial charge in [0.15, 0.2) is 0 Å². The third kappa shape index (κ3) is 4.77. The van der Waals surface area contributed by atoms with Crippen molar-refractivity contribution in [2.45, 2.75) is 51.6 Å². The molecule has 2 aliphatic rings. The van der Waals surface area contributed by atoms with Gasteiger partial charge in [0.05, 0.1) is 12.0 Å². The summed E-state index contributed by atoms with van der Waals surface area (Å²) in [7, 11) is 0. The maximum atomic E-state index is 11.9. The Kier molecular flexibility index (Phi) is 6.11. The minimum atomic E-state index is 0.152. The van der Waals surface area contributed by atoms with Crippen molar-refractivity contribution in [2.24, 2.45) is 11.8 Å². The number of carbonyl (C=O) groups excluding carboxylic acids is 1. The van der Waals surface area contributed by atoms with E-state index < -0.39 is 0 Å². The summed E-state index contributed by atoms with van der Waals surface area (Å²) >= 11 is 0. The molecule has 2 unspecified atom stereocenters. The highest BCUT2D eigenvalue weighted by Gasteiger charge is 2.28. The van der Waals surface area contributed by atoms with Crippen LogP contribution in [-0.2, 0) is 9.53 Å². The lowest BCUT2D eigenvalue weighted by molar-refractivity contribution is -0.125. The monoisotopic (exact) mass is 268 g/mol. The average molecular weight is 268 g/mol. The molecule has 0 bridgehead atoms. The first-order chi connectivity index (χ1) is 9.27. The van der Waals surface area contributed by atoms with Gasteiger partial charge in [-0.3, -0.25) is 4.79 Å². The highest BCUT2D eigenvalue weighted by atomic mass is 16.5. The lowest BCUT2D eigenvalue weighted by Crippen LogP contribution is -2.35. The van der Waals surface area contributed by atoms with E-state index in [1.165, 1.54) is 32.1 Å². The number of amides is 1. The van der Waals surface area contributed by atoms with E-state index in [0.717, 1.165) is 32.7 Å². The van der Waals surface area contributed by atoms with Crippen molar-refractivity contribution in [3.05, 3.63) is 0 Å². The van der Waals surface area contributed by atoms with E-state index in [-0.39, 0.29) is 11.8 Å². The van der Waals surface area contributed by atoms with Crippen LogP contribution >= 0.6 is 0 Å². The number of rotatable bonds is 6. The minimum absolute atomic E-state index is 0.152. The van der Waals surface area contributed by atoms with Gasteiger partial charge in [-0.1, -0.05) is 26.2 Å². The largest absolute Gasteiger partial charge is 0.378 e. The summed E-state index contributed by atoms with van der Waals surface area (Å²) < 4.78 is 5.85. The van der Waals surface area contributed by atoms with E-state index in [1.807, 2.05) is 0 Å². The van der Waals surface area contributed by atoms with Gasteiger partial charge in [-0.05, 0) is 31.7 Å². The molecule has 0 spiro atoms. The molecule has 4 heteroatoms. The lowest BCUT2D eigenvalue weighted by atomic mass is 9.97. The Morgan fingerprint density at radius 1 is 1.26 bits per heavy atom. The second kappa shape index (κ2) is 7.85. The number of carbonyl (C=O) groups is 1. The van der Waals surface area contributed by atoms with Crippen LogP contribution in [0.2, 0.25) is 0 Å². The van der Waals surface area contributed by atoms with Crippen LogP contribution in [0.15, 0.2) is 0 Å². The summed E-state index contributed by atoms with van der Waals surface area (Å²) in [6.45, 7) is 5.45. The Labute approximate surface area is 116 Å². The van der Waals surface area contributed by atoms with Crippen LogP contribution in [0.1, 0.15) is 45.4 Å². The highest BCUT2D eigenvalue weighted by Crippen LogP contribution is 2.20. The molecule has 2 fully saturated rings. The molecule has 1 saturated heterocycles. The number of hydrogen-bond acceptors (Lipinski definition) is 3. The molecular formula is C15H28N2O2. The molecule has 1 aliphatic carbocycles. The third-order valence-electron chi connectivity index (χ3n) is 4.38. The number of hydrogen-bond donors (Lipinski definition) is 2. The summed E-state index contributed by atoms with van der Waals surface area (Å²) in [5.41, 5.74) is 0. The van der Waals surface area contributed by atoms with Crippen LogP contribution in [0.3, 0.4) is 0 Å². The molecule has 1 amide bonds. The Hall–Kier alpha value is -0.610. The summed E-state index contributed by atoms with van der Waals surface area (Å²) in [5.74, 6) is 0.813. The van der Waals surface area contributed by atoms with Gasteiger partial charge in [0, 0.05) is 19.7 Å². The van der Waals surface area contributed by atoms with Crippen LogP contribution in [0.4, 0.5) is 0 Å². The minimum Gasteiger partial charge on any atom is -0.378 e. The van der Waals surface area contributed by atoms with Crippen LogP contribution in [0.25, 0.3) is 0 Å². The van der Waals surface area contributed by atoms with Crippen molar-refractivity contribution in [2.75, 3.05) is 26.2 Å². The lowest BCUT2D eigenvalue weighted by Gasteiger charge is -2.22. The van der Waals surface area contributed by atoms with Crippen LogP contribution in [-0.4, -0.2) is 38.3 Å². The zero-order valence-electron chi connectivity index (χ0n) is 12.1. The zero-order valence-corrected chi connectivity index (χ0v) is 12.1. The molecule has 0 aromatic rings. The fourth-order valence-electron chi connectivity index (χ4n) is 3.06. The highest BCUT2D eigenvalue weighted by molar-refractivity contribution is 5.79. The molecule has 110 valence electrons. The predicted octanol–water partition coefficient (Wildman–Crippen LogP) is 1.70. The fourth-order valence-corrected chi connectivity index (χ4v) is 3.06. The topological polar surface area (TPSA) is 50.4 Å². The summed E-state index contributed by atoms with van der Waals surface area (Å²) in [5, 5.41) is 6.30. The van der Waals surface area contributed by atoms with Gasteiger partial charge in [0.1, 0.15) is 0 Å². The standard InChI is InChI=1S/C15H28N2O2/c1-12-10-16-11-14(12)15(18)17-8-5-9-19-13-6-3-2-4-7-13/h12-14,16H,2-11H2,1H3,(H,17,18). The van der Waals surface area contributed by atoms with E-state index in [9.17, 15) is 4.79 Å². The van der Waals surface area contributed by atoms with Gasteiger partial charge in [0.25, 0.3) is 0 Å². The zero-order chi connectivity index (χ0) is 13.5. The molecule has 4 nitrogen and oxygen atoms in total. The van der Waals surface area contributed by atoms with Crippen LogP contribution in [0.5, 0.6) is 0 Å². The van der Waals surface area contributed by atoms with Crippen molar-refractivity contribution in [3.63, 3.8) is 0 Å². The Morgan fingerprint density at radius 2 is 2.05 bits per heavy atom. The second-order valence-electron chi connectivity index (χ2n) is 6.02. The molecule has 2 atom stereocenters. The van der Waals surface area contributed by atoms with Crippen molar-refractivity contribution < 1.29 is 9.53 Å². The Bertz CT molecular complexity index is 277. The molecule has 1 heterocycles. The summed E-state index contributed by atoms with van der Waals surface area (Å²) in [4.78, 5) is 11.9. The molecule has 0 aromatic heterocycles. The molecule has 2 N–H and O–H groups in total. The summed E-state index contributed by atoms with van der Waals surface area (Å²) in [6.07, 6.45) is 7.83. The maximum absolute atomic E-state index is 11.9. The van der Waals surface area contributed by atoms with Gasteiger partial charge in [0.2, 0.25) is 5.91 Å². The number of ether oxygens (including phenoxy) is 1. The molecule has 0 radical (unpaired) electrons. The normalized spacial score (nSPS) is 28.5. The average Bonchev–Trinajstić information content (AvgIpc) is 2.86. The van der Waals surface area contributed by atoms with Crippen molar-refractivity contribution in [3.8, 4) is 0 Å². The van der Waals surface area contributed by atoms with E-state index in [4.69, 9.17) is 4.74 Å². The smallest absolute Gasteiger partial charge is 0.224 e. The van der Waals surface area contributed by atoms with Gasteiger partial charge in [-0.2, -0.15) is 0 Å². The molecular weight excluding hydrogens is 240 g/mol. The first-order valence-corrected chi connectivity index (χ1v) is 7.87.